The lowest BCUT2D eigenvalue weighted by Gasteiger charge is -2.45. The molecule has 4 rings (SSSR count). The molecular formula is C35H44F3NO5. The van der Waals surface area contributed by atoms with Crippen molar-refractivity contribution >= 4 is 16.9 Å². The second-order valence-corrected chi connectivity index (χ2v) is 14.3. The maximum absolute atomic E-state index is 14.8. The molecule has 44 heavy (non-hydrogen) atoms. The Morgan fingerprint density at radius 1 is 0.977 bits per heavy atom. The van der Waals surface area contributed by atoms with Gasteiger partial charge in [-0.15, -0.1) is 0 Å². The molecule has 0 radical (unpaired) electrons. The van der Waals surface area contributed by atoms with Gasteiger partial charge in [0.05, 0.1) is 11.0 Å². The van der Waals surface area contributed by atoms with Gasteiger partial charge < -0.3 is 19.6 Å². The Bertz CT molecular complexity index is 1580. The molecule has 1 aromatic heterocycles. The van der Waals surface area contributed by atoms with Gasteiger partial charge in [0, 0.05) is 17.0 Å². The van der Waals surface area contributed by atoms with Crippen molar-refractivity contribution in [3.63, 3.8) is 0 Å². The predicted molar refractivity (Wildman–Crippen MR) is 165 cm³/mol. The zero-order valence-electron chi connectivity index (χ0n) is 26.9. The van der Waals surface area contributed by atoms with Crippen molar-refractivity contribution in [3.8, 4) is 16.9 Å². The number of hydrogen-bond acceptors (Lipinski definition) is 6. The van der Waals surface area contributed by atoms with Gasteiger partial charge in [-0.3, -0.25) is 4.79 Å². The molecule has 0 saturated heterocycles. The van der Waals surface area contributed by atoms with Crippen molar-refractivity contribution < 1.29 is 31.9 Å². The molecule has 1 aliphatic carbocycles. The van der Waals surface area contributed by atoms with Crippen molar-refractivity contribution in [2.75, 3.05) is 0 Å². The molecule has 240 valence electrons. The quantitative estimate of drug-likeness (QED) is 0.203. The highest BCUT2D eigenvalue weighted by Gasteiger charge is 2.67. The second-order valence-electron chi connectivity index (χ2n) is 14.3. The van der Waals surface area contributed by atoms with E-state index >= 15 is 0 Å². The van der Waals surface area contributed by atoms with Crippen LogP contribution in [0.2, 0.25) is 0 Å². The number of carbonyl (C=O) groups excluding carboxylic acids is 1. The van der Waals surface area contributed by atoms with Crippen LogP contribution in [0, 0.1) is 16.2 Å². The first-order chi connectivity index (χ1) is 20.2. The van der Waals surface area contributed by atoms with Crippen molar-refractivity contribution in [1.29, 1.82) is 0 Å². The fourth-order valence-corrected chi connectivity index (χ4v) is 6.33. The average Bonchev–Trinajstić information content (AvgIpc) is 3.22. The van der Waals surface area contributed by atoms with E-state index in [2.05, 4.69) is 0 Å². The topological polar surface area (TPSA) is 91.8 Å². The first kappa shape index (κ1) is 33.6. The molecule has 1 aliphatic rings. The second kappa shape index (κ2) is 11.5. The maximum Gasteiger partial charge on any atom is 0.401 e. The Morgan fingerprint density at radius 2 is 1.61 bits per heavy atom. The van der Waals surface area contributed by atoms with Gasteiger partial charge in [0.15, 0.2) is 0 Å². The third kappa shape index (κ3) is 6.25. The first-order valence-electron chi connectivity index (χ1n) is 15.1. The lowest BCUT2D eigenvalue weighted by molar-refractivity contribution is -0.265. The normalized spacial score (nSPS) is 22.5. The van der Waals surface area contributed by atoms with Crippen LogP contribution in [0.3, 0.4) is 0 Å². The van der Waals surface area contributed by atoms with Gasteiger partial charge in [0.25, 0.3) is 0 Å². The summed E-state index contributed by atoms with van der Waals surface area (Å²) >= 11 is 0. The molecular weight excluding hydrogens is 571 g/mol. The summed E-state index contributed by atoms with van der Waals surface area (Å²) in [6, 6.07) is 13.9. The Hall–Kier alpha value is -3.33. The van der Waals surface area contributed by atoms with Gasteiger partial charge in [0.1, 0.15) is 29.0 Å². The monoisotopic (exact) mass is 615 g/mol. The minimum absolute atomic E-state index is 0.00465. The number of carbonyl (C=O) groups is 1. The molecule has 2 aromatic carbocycles. The van der Waals surface area contributed by atoms with Crippen LogP contribution in [0.15, 0.2) is 57.7 Å². The van der Waals surface area contributed by atoms with Crippen LogP contribution in [0.25, 0.3) is 22.1 Å². The van der Waals surface area contributed by atoms with Gasteiger partial charge in [-0.1, -0.05) is 52.0 Å². The lowest BCUT2D eigenvalue weighted by atomic mass is 9.65. The van der Waals surface area contributed by atoms with E-state index in [0.717, 1.165) is 24.5 Å². The smallest absolute Gasteiger partial charge is 0.401 e. The Labute approximate surface area is 257 Å². The van der Waals surface area contributed by atoms with Crippen molar-refractivity contribution in [1.82, 2.24) is 0 Å². The van der Waals surface area contributed by atoms with Crippen LogP contribution in [0.1, 0.15) is 80.2 Å². The standard InChI is InChI=1S/C35H44F3NO5/c1-9-21-12-10-11-13-24(21)25-18-22-14-15-23(19-26(22)43-29(25)40)42-27-16-17-28(34(27,8)35(36,37)38)44-30(41)33(7,32(5,6)39)20-31(2,3)4/h10-15,18-19,27-28H,9,16-17,20,39H2,1-8H3. The number of ether oxygens (including phenoxy) is 2. The van der Waals surface area contributed by atoms with Crippen molar-refractivity contribution in [3.05, 3.63) is 64.5 Å². The highest BCUT2D eigenvalue weighted by Crippen LogP contribution is 2.54. The number of halogens is 3. The number of alkyl halides is 3. The van der Waals surface area contributed by atoms with E-state index in [-0.39, 0.29) is 29.6 Å². The maximum atomic E-state index is 14.8. The van der Waals surface area contributed by atoms with Crippen LogP contribution < -0.4 is 16.1 Å². The Balaban J connectivity index is 1.63. The summed E-state index contributed by atoms with van der Waals surface area (Å²) in [4.78, 5) is 26.6. The van der Waals surface area contributed by atoms with Gasteiger partial charge in [-0.25, -0.2) is 4.79 Å². The fourth-order valence-electron chi connectivity index (χ4n) is 6.33. The Morgan fingerprint density at radius 3 is 2.20 bits per heavy atom. The molecule has 2 N–H and O–H groups in total. The van der Waals surface area contributed by atoms with Crippen LogP contribution in [-0.4, -0.2) is 29.9 Å². The van der Waals surface area contributed by atoms with E-state index in [1.807, 2.05) is 52.0 Å². The summed E-state index contributed by atoms with van der Waals surface area (Å²) in [5.74, 6) is -0.635. The number of esters is 1. The fraction of sp³-hybridized carbons (Fsp3) is 0.543. The van der Waals surface area contributed by atoms with Crippen molar-refractivity contribution in [2.24, 2.45) is 22.0 Å². The van der Waals surface area contributed by atoms with Crippen LogP contribution in [0.4, 0.5) is 13.2 Å². The van der Waals surface area contributed by atoms with E-state index in [1.54, 1.807) is 39.0 Å². The number of benzene rings is 2. The molecule has 1 saturated carbocycles. The third-order valence-electron chi connectivity index (χ3n) is 9.32. The SMILES string of the molecule is CCc1ccccc1-c1cc2ccc(OC3CCC(OC(=O)C(C)(CC(C)(C)C)C(C)(C)N)C3(C)C(F)(F)F)cc2oc1=O. The number of fused-ring (bicyclic) bond motifs is 1. The first-order valence-corrected chi connectivity index (χ1v) is 15.1. The van der Waals surface area contributed by atoms with E-state index in [9.17, 15) is 22.8 Å². The van der Waals surface area contributed by atoms with Crippen molar-refractivity contribution in [2.45, 2.75) is 105 Å². The lowest BCUT2D eigenvalue weighted by Crippen LogP contribution is -2.58. The Kier molecular flexibility index (Phi) is 8.81. The molecule has 1 fully saturated rings. The average molecular weight is 616 g/mol. The molecule has 0 bridgehead atoms. The third-order valence-corrected chi connectivity index (χ3v) is 9.32. The van der Waals surface area contributed by atoms with Crippen LogP contribution in [-0.2, 0) is 16.0 Å². The predicted octanol–water partition coefficient (Wildman–Crippen LogP) is 8.22. The summed E-state index contributed by atoms with van der Waals surface area (Å²) in [5, 5.41) is 0.609. The minimum Gasteiger partial charge on any atom is -0.489 e. The summed E-state index contributed by atoms with van der Waals surface area (Å²) in [6.45, 7) is 13.9. The van der Waals surface area contributed by atoms with E-state index < -0.39 is 46.3 Å². The van der Waals surface area contributed by atoms with Gasteiger partial charge in [-0.2, -0.15) is 13.2 Å². The summed E-state index contributed by atoms with van der Waals surface area (Å²) in [7, 11) is 0. The molecule has 0 spiro atoms. The van der Waals surface area contributed by atoms with Crippen LogP contribution >= 0.6 is 0 Å². The van der Waals surface area contributed by atoms with Crippen LogP contribution in [0.5, 0.6) is 5.75 Å². The molecule has 0 aliphatic heterocycles. The zero-order valence-corrected chi connectivity index (χ0v) is 26.9. The summed E-state index contributed by atoms with van der Waals surface area (Å²) < 4.78 is 61.8. The van der Waals surface area contributed by atoms with E-state index in [0.29, 0.717) is 17.4 Å². The van der Waals surface area contributed by atoms with Gasteiger partial charge in [0.2, 0.25) is 0 Å². The molecule has 6 nitrogen and oxygen atoms in total. The summed E-state index contributed by atoms with van der Waals surface area (Å²) in [6.07, 6.45) is -6.54. The van der Waals surface area contributed by atoms with E-state index in [1.165, 1.54) is 6.07 Å². The largest absolute Gasteiger partial charge is 0.489 e. The minimum atomic E-state index is -4.75. The highest BCUT2D eigenvalue weighted by molar-refractivity contribution is 5.83. The van der Waals surface area contributed by atoms with Gasteiger partial charge >= 0.3 is 17.8 Å². The molecule has 1 heterocycles. The van der Waals surface area contributed by atoms with E-state index in [4.69, 9.17) is 19.6 Å². The number of hydrogen-bond donors (Lipinski definition) is 1. The number of rotatable bonds is 8. The van der Waals surface area contributed by atoms with Gasteiger partial charge in [-0.05, 0) is 88.1 Å². The summed E-state index contributed by atoms with van der Waals surface area (Å²) in [5.41, 5.74) is 3.14. The molecule has 9 heteroatoms. The molecule has 3 aromatic rings. The number of aryl methyl sites for hydroxylation is 1. The molecule has 4 atom stereocenters. The highest BCUT2D eigenvalue weighted by atomic mass is 19.4. The molecule has 0 amide bonds. The molecule has 4 unspecified atom stereocenters. The zero-order chi connectivity index (χ0) is 32.9. The number of nitrogens with two attached hydrogens (primary N) is 1.